The van der Waals surface area contributed by atoms with Crippen LogP contribution in [0.3, 0.4) is 0 Å². The van der Waals surface area contributed by atoms with E-state index in [0.29, 0.717) is 0 Å². The maximum atomic E-state index is 2.52. The molecule has 0 fully saturated rings. The van der Waals surface area contributed by atoms with Crippen LogP contribution in [0.2, 0.25) is 0 Å². The number of para-hydroxylation sites is 5. The van der Waals surface area contributed by atoms with Crippen LogP contribution in [-0.4, -0.2) is 8.97 Å². The largest absolute Gasteiger partial charge is 0.310 e. The highest BCUT2D eigenvalue weighted by atomic mass is 15.1. The SMILES string of the molecule is c1ccc(N(c2ccccc2)c2cccc(-c3ccc(-c4ccc5c6c4c4cccc7c8ccccc8n(c8cccc(c68)n5-c5ccccc5)c74)cc3)c2)cc1. The third kappa shape index (κ3) is 4.73. The fourth-order valence-corrected chi connectivity index (χ4v) is 9.43. The number of anilines is 3. The molecule has 0 aliphatic carbocycles. The number of nitrogens with zero attached hydrogens (tertiary/aromatic N) is 3. The summed E-state index contributed by atoms with van der Waals surface area (Å²) in [5.74, 6) is 0. The van der Waals surface area contributed by atoms with Gasteiger partial charge < -0.3 is 13.9 Å². The summed E-state index contributed by atoms with van der Waals surface area (Å²) in [6.45, 7) is 0. The van der Waals surface area contributed by atoms with Gasteiger partial charge in [0.15, 0.2) is 0 Å². The number of hydrogen-bond acceptors (Lipinski definition) is 1. The van der Waals surface area contributed by atoms with Gasteiger partial charge in [-0.15, -0.1) is 0 Å². The van der Waals surface area contributed by atoms with E-state index in [1.165, 1.54) is 82.2 Å². The zero-order valence-corrected chi connectivity index (χ0v) is 31.0. The van der Waals surface area contributed by atoms with Crippen LogP contribution in [0.4, 0.5) is 17.1 Å². The molecule has 9 aromatic carbocycles. The van der Waals surface area contributed by atoms with E-state index in [1.54, 1.807) is 0 Å². The molecular weight excluding hydrogens is 691 g/mol. The fraction of sp³-hybridized carbons (Fsp3) is 0. The van der Waals surface area contributed by atoms with E-state index in [0.717, 1.165) is 22.7 Å². The Morgan fingerprint density at radius 2 is 0.877 bits per heavy atom. The summed E-state index contributed by atoms with van der Waals surface area (Å²) in [7, 11) is 0. The maximum absolute atomic E-state index is 2.52. The Labute approximate surface area is 329 Å². The predicted molar refractivity (Wildman–Crippen MR) is 241 cm³/mol. The molecular formula is C54H35N3. The molecule has 0 atom stereocenters. The van der Waals surface area contributed by atoms with E-state index < -0.39 is 0 Å². The average Bonchev–Trinajstić information content (AvgIpc) is 3.76. The molecule has 12 aromatic rings. The number of benzene rings is 9. The van der Waals surface area contributed by atoms with Crippen molar-refractivity contribution in [1.82, 2.24) is 8.97 Å². The van der Waals surface area contributed by atoms with Gasteiger partial charge in [0.25, 0.3) is 0 Å². The molecule has 0 unspecified atom stereocenters. The van der Waals surface area contributed by atoms with Crippen LogP contribution < -0.4 is 4.90 Å². The van der Waals surface area contributed by atoms with Gasteiger partial charge in [0.1, 0.15) is 0 Å². The van der Waals surface area contributed by atoms with Crippen molar-refractivity contribution in [2.24, 2.45) is 0 Å². The van der Waals surface area contributed by atoms with E-state index in [2.05, 4.69) is 226 Å². The van der Waals surface area contributed by atoms with Crippen molar-refractivity contribution in [2.45, 2.75) is 0 Å². The summed E-state index contributed by atoms with van der Waals surface area (Å²) < 4.78 is 4.97. The minimum Gasteiger partial charge on any atom is -0.310 e. The van der Waals surface area contributed by atoms with Crippen LogP contribution >= 0.6 is 0 Å². The van der Waals surface area contributed by atoms with Gasteiger partial charge in [0.2, 0.25) is 0 Å². The standard InChI is InChI=1S/C54H35N3/c1-4-16-39(17-5-1)55(40-18-6-2-7-19-40)42-22-12-15-38(35-42)36-29-31-37(32-30-36)43-33-34-50-53-51(43)46-25-13-24-45-44-23-10-11-26-47(44)57(54(45)46)49-28-14-27-48(52(49)53)56(50)41-20-8-3-9-21-41/h1-35H. The first-order valence-electron chi connectivity index (χ1n) is 19.6. The van der Waals surface area contributed by atoms with Crippen molar-refractivity contribution in [3.05, 3.63) is 212 Å². The molecule has 57 heavy (non-hydrogen) atoms. The zero-order valence-electron chi connectivity index (χ0n) is 31.0. The lowest BCUT2D eigenvalue weighted by Crippen LogP contribution is -2.09. The Morgan fingerprint density at radius 1 is 0.316 bits per heavy atom. The van der Waals surface area contributed by atoms with Gasteiger partial charge in [-0.1, -0.05) is 140 Å². The number of hydrogen-bond donors (Lipinski definition) is 0. The Kier molecular flexibility index (Phi) is 6.93. The second-order valence-corrected chi connectivity index (χ2v) is 14.9. The van der Waals surface area contributed by atoms with Crippen LogP contribution in [0, 0.1) is 0 Å². The molecule has 0 radical (unpaired) electrons. The Bertz CT molecular complexity index is 3390. The smallest absolute Gasteiger partial charge is 0.0620 e. The van der Waals surface area contributed by atoms with Crippen molar-refractivity contribution in [1.29, 1.82) is 0 Å². The summed E-state index contributed by atoms with van der Waals surface area (Å²) in [5.41, 5.74) is 15.4. The molecule has 12 rings (SSSR count). The van der Waals surface area contributed by atoms with Gasteiger partial charge in [-0.25, -0.2) is 0 Å². The maximum Gasteiger partial charge on any atom is 0.0620 e. The Balaban J connectivity index is 1.09. The lowest BCUT2D eigenvalue weighted by molar-refractivity contribution is 1.18. The first-order chi connectivity index (χ1) is 28.3. The molecule has 266 valence electrons. The summed E-state index contributed by atoms with van der Waals surface area (Å²) >= 11 is 0. The molecule has 0 saturated heterocycles. The van der Waals surface area contributed by atoms with E-state index >= 15 is 0 Å². The van der Waals surface area contributed by atoms with Gasteiger partial charge >= 0.3 is 0 Å². The molecule has 0 amide bonds. The summed E-state index contributed by atoms with van der Waals surface area (Å²) in [5, 5.41) is 7.66. The van der Waals surface area contributed by atoms with Crippen molar-refractivity contribution in [3.63, 3.8) is 0 Å². The normalized spacial score (nSPS) is 11.9. The van der Waals surface area contributed by atoms with E-state index in [-0.39, 0.29) is 0 Å². The van der Waals surface area contributed by atoms with Crippen LogP contribution in [-0.2, 0) is 0 Å². The van der Waals surface area contributed by atoms with Crippen molar-refractivity contribution < 1.29 is 0 Å². The van der Waals surface area contributed by atoms with Gasteiger partial charge in [-0.2, -0.15) is 0 Å². The van der Waals surface area contributed by atoms with Gasteiger partial charge in [0, 0.05) is 55.1 Å². The molecule has 3 nitrogen and oxygen atoms in total. The topological polar surface area (TPSA) is 12.6 Å². The highest BCUT2D eigenvalue weighted by molar-refractivity contribution is 6.33. The van der Waals surface area contributed by atoms with Crippen LogP contribution in [0.1, 0.15) is 0 Å². The van der Waals surface area contributed by atoms with E-state index in [9.17, 15) is 0 Å². The Morgan fingerprint density at radius 3 is 1.65 bits per heavy atom. The second-order valence-electron chi connectivity index (χ2n) is 14.9. The fourth-order valence-electron chi connectivity index (χ4n) is 9.43. The molecule has 0 saturated carbocycles. The molecule has 0 bridgehead atoms. The summed E-state index contributed by atoms with van der Waals surface area (Å²) in [6, 6.07) is 77.3. The first kappa shape index (κ1) is 31.7. The third-order valence-corrected chi connectivity index (χ3v) is 11.8. The van der Waals surface area contributed by atoms with Gasteiger partial charge in [-0.3, -0.25) is 0 Å². The lowest BCUT2D eigenvalue weighted by atomic mass is 9.93. The molecule has 0 aliphatic rings. The monoisotopic (exact) mass is 725 g/mol. The zero-order chi connectivity index (χ0) is 37.5. The molecule has 0 N–H and O–H groups in total. The van der Waals surface area contributed by atoms with Crippen LogP contribution in [0.5, 0.6) is 0 Å². The summed E-state index contributed by atoms with van der Waals surface area (Å²) in [4.78, 5) is 2.32. The van der Waals surface area contributed by atoms with E-state index in [1.807, 2.05) is 0 Å². The average molecular weight is 726 g/mol. The second kappa shape index (κ2) is 12.5. The van der Waals surface area contributed by atoms with E-state index in [4.69, 9.17) is 0 Å². The minimum atomic E-state index is 1.12. The van der Waals surface area contributed by atoms with Gasteiger partial charge in [-0.05, 0) is 95.1 Å². The van der Waals surface area contributed by atoms with Crippen molar-refractivity contribution in [3.8, 4) is 27.9 Å². The number of rotatable bonds is 6. The van der Waals surface area contributed by atoms with Crippen LogP contribution in [0.15, 0.2) is 212 Å². The minimum absolute atomic E-state index is 1.12. The summed E-state index contributed by atoms with van der Waals surface area (Å²) in [6.07, 6.45) is 0. The molecule has 3 heterocycles. The van der Waals surface area contributed by atoms with Crippen molar-refractivity contribution >= 4 is 77.0 Å². The predicted octanol–water partition coefficient (Wildman–Crippen LogP) is 14.7. The van der Waals surface area contributed by atoms with Gasteiger partial charge in [0.05, 0.1) is 27.6 Å². The molecule has 0 spiro atoms. The third-order valence-electron chi connectivity index (χ3n) is 11.8. The molecule has 3 heteroatoms. The highest BCUT2D eigenvalue weighted by Gasteiger charge is 2.24. The number of aromatic nitrogens is 2. The first-order valence-corrected chi connectivity index (χ1v) is 19.6. The number of fused-ring (bicyclic) bond motifs is 5. The molecule has 0 aliphatic heterocycles. The lowest BCUT2D eigenvalue weighted by Gasteiger charge is -2.26. The quantitative estimate of drug-likeness (QED) is 0.166. The highest BCUT2D eigenvalue weighted by Crippen LogP contribution is 2.47. The van der Waals surface area contributed by atoms with Crippen molar-refractivity contribution in [2.75, 3.05) is 4.90 Å². The Hall–Kier alpha value is -7.62. The molecule has 3 aromatic heterocycles. The van der Waals surface area contributed by atoms with Crippen LogP contribution in [0.25, 0.3) is 87.8 Å².